The summed E-state index contributed by atoms with van der Waals surface area (Å²) in [6.07, 6.45) is 1.59. The monoisotopic (exact) mass is 237 g/mol. The smallest absolute Gasteiger partial charge is 0.321 e. The molecule has 5 heteroatoms. The lowest BCUT2D eigenvalue weighted by molar-refractivity contribution is 0.195. The normalized spacial score (nSPS) is 16.9. The first-order valence-corrected chi connectivity index (χ1v) is 5.73. The highest BCUT2D eigenvalue weighted by atomic mass is 19.1. The summed E-state index contributed by atoms with van der Waals surface area (Å²) in [5, 5.41) is 2.57. The second-order valence-corrected chi connectivity index (χ2v) is 4.23. The van der Waals surface area contributed by atoms with E-state index in [1.165, 1.54) is 6.07 Å². The van der Waals surface area contributed by atoms with Crippen molar-refractivity contribution >= 4 is 11.7 Å². The number of rotatable bonds is 1. The van der Waals surface area contributed by atoms with E-state index < -0.39 is 5.82 Å². The second-order valence-electron chi connectivity index (χ2n) is 4.23. The van der Waals surface area contributed by atoms with Crippen molar-refractivity contribution in [3.63, 3.8) is 0 Å². The van der Waals surface area contributed by atoms with Gasteiger partial charge in [0.2, 0.25) is 0 Å². The minimum atomic E-state index is -0.422. The van der Waals surface area contributed by atoms with Gasteiger partial charge in [-0.05, 0) is 25.0 Å². The number of nitrogens with two attached hydrogens (primary N) is 1. The molecule has 1 aliphatic heterocycles. The molecule has 17 heavy (non-hydrogen) atoms. The summed E-state index contributed by atoms with van der Waals surface area (Å²) in [7, 11) is 0. The van der Waals surface area contributed by atoms with Crippen LogP contribution in [0.5, 0.6) is 0 Å². The number of para-hydroxylation sites is 1. The van der Waals surface area contributed by atoms with E-state index in [1.54, 1.807) is 23.1 Å². The summed E-state index contributed by atoms with van der Waals surface area (Å²) in [5.41, 5.74) is 5.97. The number of hydrogen-bond donors (Lipinski definition) is 2. The number of nitrogens with one attached hydrogen (secondary N) is 1. The number of carbonyl (C=O) groups excluding carboxylic acids is 1. The number of halogens is 1. The molecule has 0 saturated carbocycles. The number of anilines is 1. The van der Waals surface area contributed by atoms with Crippen LogP contribution in [0.3, 0.4) is 0 Å². The fourth-order valence-electron chi connectivity index (χ4n) is 1.86. The quantitative estimate of drug-likeness (QED) is 0.782. The number of nitrogens with zero attached hydrogens (tertiary/aromatic N) is 1. The molecule has 0 aromatic heterocycles. The second kappa shape index (κ2) is 5.14. The molecule has 1 saturated heterocycles. The van der Waals surface area contributed by atoms with Gasteiger partial charge in [-0.1, -0.05) is 12.1 Å². The van der Waals surface area contributed by atoms with Crippen LogP contribution in [-0.4, -0.2) is 30.1 Å². The van der Waals surface area contributed by atoms with Gasteiger partial charge < -0.3 is 16.0 Å². The highest BCUT2D eigenvalue weighted by Gasteiger charge is 2.20. The number of hydrogen-bond acceptors (Lipinski definition) is 2. The van der Waals surface area contributed by atoms with Crippen LogP contribution in [0, 0.1) is 5.82 Å². The molecule has 2 rings (SSSR count). The zero-order valence-corrected chi connectivity index (χ0v) is 9.53. The maximum Gasteiger partial charge on any atom is 0.321 e. The van der Waals surface area contributed by atoms with Crippen LogP contribution in [0.2, 0.25) is 0 Å². The molecule has 1 aromatic carbocycles. The van der Waals surface area contributed by atoms with E-state index in [1.807, 2.05) is 0 Å². The molecule has 0 unspecified atom stereocenters. The molecule has 0 radical (unpaired) electrons. The molecule has 0 atom stereocenters. The van der Waals surface area contributed by atoms with Crippen molar-refractivity contribution in [2.75, 3.05) is 18.4 Å². The number of amides is 2. The Balaban J connectivity index is 1.95. The molecular formula is C12H16FN3O. The molecule has 1 aromatic rings. The van der Waals surface area contributed by atoms with Gasteiger partial charge in [-0.15, -0.1) is 0 Å². The third kappa shape index (κ3) is 2.94. The summed E-state index contributed by atoms with van der Waals surface area (Å²) in [5.74, 6) is -0.422. The van der Waals surface area contributed by atoms with Gasteiger partial charge >= 0.3 is 6.03 Å². The fraction of sp³-hybridized carbons (Fsp3) is 0.417. The van der Waals surface area contributed by atoms with Crippen LogP contribution in [0.4, 0.5) is 14.9 Å². The Morgan fingerprint density at radius 2 is 2.00 bits per heavy atom. The van der Waals surface area contributed by atoms with Crippen molar-refractivity contribution in [1.82, 2.24) is 4.90 Å². The van der Waals surface area contributed by atoms with E-state index in [-0.39, 0.29) is 17.8 Å². The number of likely N-dealkylation sites (tertiary alicyclic amines) is 1. The lowest BCUT2D eigenvalue weighted by Gasteiger charge is -2.30. The maximum atomic E-state index is 13.3. The minimum Gasteiger partial charge on any atom is -0.328 e. The van der Waals surface area contributed by atoms with Gasteiger partial charge in [-0.25, -0.2) is 9.18 Å². The molecule has 1 fully saturated rings. The number of piperidine rings is 1. The number of urea groups is 1. The Hall–Kier alpha value is -1.62. The van der Waals surface area contributed by atoms with Gasteiger partial charge in [-0.2, -0.15) is 0 Å². The molecule has 1 heterocycles. The Labute approximate surface area is 99.6 Å². The van der Waals surface area contributed by atoms with Gasteiger partial charge in [-0.3, -0.25) is 0 Å². The van der Waals surface area contributed by atoms with Crippen molar-refractivity contribution in [3.8, 4) is 0 Å². The SMILES string of the molecule is NC1CCN(C(=O)Nc2ccccc2F)CC1. The fourth-order valence-corrected chi connectivity index (χ4v) is 1.86. The molecule has 0 aliphatic carbocycles. The molecule has 92 valence electrons. The zero-order valence-electron chi connectivity index (χ0n) is 9.53. The first-order valence-electron chi connectivity index (χ1n) is 5.73. The first-order chi connectivity index (χ1) is 8.16. The molecule has 0 bridgehead atoms. The molecule has 2 amide bonds. The lowest BCUT2D eigenvalue weighted by atomic mass is 10.1. The topological polar surface area (TPSA) is 58.4 Å². The van der Waals surface area contributed by atoms with Crippen LogP contribution < -0.4 is 11.1 Å². The first kappa shape index (κ1) is 11.9. The number of benzene rings is 1. The summed E-state index contributed by atoms with van der Waals surface area (Å²) >= 11 is 0. The summed E-state index contributed by atoms with van der Waals surface area (Å²) in [6, 6.07) is 6.05. The van der Waals surface area contributed by atoms with E-state index in [2.05, 4.69) is 5.32 Å². The van der Waals surface area contributed by atoms with Crippen molar-refractivity contribution in [3.05, 3.63) is 30.1 Å². The average Bonchev–Trinajstić information content (AvgIpc) is 2.33. The Kier molecular flexibility index (Phi) is 3.58. The predicted octanol–water partition coefficient (Wildman–Crippen LogP) is 1.78. The summed E-state index contributed by atoms with van der Waals surface area (Å²) in [6.45, 7) is 1.25. The van der Waals surface area contributed by atoms with Crippen LogP contribution in [0.1, 0.15) is 12.8 Å². The largest absolute Gasteiger partial charge is 0.328 e. The summed E-state index contributed by atoms with van der Waals surface area (Å²) < 4.78 is 13.3. The third-order valence-electron chi connectivity index (χ3n) is 2.94. The van der Waals surface area contributed by atoms with Crippen molar-refractivity contribution in [2.24, 2.45) is 5.73 Å². The Bertz CT molecular complexity index is 402. The van der Waals surface area contributed by atoms with Crippen molar-refractivity contribution in [2.45, 2.75) is 18.9 Å². The van der Waals surface area contributed by atoms with Crippen LogP contribution in [-0.2, 0) is 0 Å². The standard InChI is InChI=1S/C12H16FN3O/c13-10-3-1-2-4-11(10)15-12(17)16-7-5-9(14)6-8-16/h1-4,9H,5-8,14H2,(H,15,17). The Morgan fingerprint density at radius 1 is 1.35 bits per heavy atom. The van der Waals surface area contributed by atoms with E-state index in [0.717, 1.165) is 12.8 Å². The molecule has 4 nitrogen and oxygen atoms in total. The van der Waals surface area contributed by atoms with Crippen LogP contribution in [0.25, 0.3) is 0 Å². The van der Waals surface area contributed by atoms with Gasteiger partial charge in [0.15, 0.2) is 0 Å². The predicted molar refractivity (Wildman–Crippen MR) is 64.2 cm³/mol. The number of carbonyl (C=O) groups is 1. The average molecular weight is 237 g/mol. The van der Waals surface area contributed by atoms with Gasteiger partial charge in [0.25, 0.3) is 0 Å². The van der Waals surface area contributed by atoms with Crippen LogP contribution in [0.15, 0.2) is 24.3 Å². The lowest BCUT2D eigenvalue weighted by Crippen LogP contribution is -2.44. The summed E-state index contributed by atoms with van der Waals surface area (Å²) in [4.78, 5) is 13.5. The minimum absolute atomic E-state index is 0.174. The van der Waals surface area contributed by atoms with Crippen molar-refractivity contribution < 1.29 is 9.18 Å². The molecule has 0 spiro atoms. The van der Waals surface area contributed by atoms with E-state index in [0.29, 0.717) is 13.1 Å². The van der Waals surface area contributed by atoms with Gasteiger partial charge in [0.05, 0.1) is 5.69 Å². The Morgan fingerprint density at radius 3 is 2.65 bits per heavy atom. The third-order valence-corrected chi connectivity index (χ3v) is 2.94. The molecule has 3 N–H and O–H groups in total. The molecular weight excluding hydrogens is 221 g/mol. The zero-order chi connectivity index (χ0) is 12.3. The van der Waals surface area contributed by atoms with Gasteiger partial charge in [0.1, 0.15) is 5.82 Å². The highest BCUT2D eigenvalue weighted by molar-refractivity contribution is 5.89. The van der Waals surface area contributed by atoms with Crippen LogP contribution >= 0.6 is 0 Å². The molecule has 1 aliphatic rings. The van der Waals surface area contributed by atoms with E-state index >= 15 is 0 Å². The van der Waals surface area contributed by atoms with E-state index in [9.17, 15) is 9.18 Å². The van der Waals surface area contributed by atoms with Crippen molar-refractivity contribution in [1.29, 1.82) is 0 Å². The van der Waals surface area contributed by atoms with E-state index in [4.69, 9.17) is 5.73 Å². The van der Waals surface area contributed by atoms with Gasteiger partial charge in [0, 0.05) is 19.1 Å². The maximum absolute atomic E-state index is 13.3. The highest BCUT2D eigenvalue weighted by Crippen LogP contribution is 2.15.